The van der Waals surface area contributed by atoms with E-state index >= 15 is 0 Å². The molecule has 1 heterocycles. The van der Waals surface area contributed by atoms with Crippen LogP contribution in [-0.4, -0.2) is 22.4 Å². The van der Waals surface area contributed by atoms with Gasteiger partial charge in [0.15, 0.2) is 0 Å². The van der Waals surface area contributed by atoms with E-state index in [1.54, 1.807) is 23.7 Å². The molecule has 0 radical (unpaired) electrons. The first-order valence-electron chi connectivity index (χ1n) is 6.66. The molecule has 112 valence electrons. The van der Waals surface area contributed by atoms with Gasteiger partial charge in [-0.05, 0) is 31.0 Å². The van der Waals surface area contributed by atoms with Gasteiger partial charge < -0.3 is 4.74 Å². The number of hydrogen-bond donors (Lipinski definition) is 0. The van der Waals surface area contributed by atoms with Gasteiger partial charge in [0.2, 0.25) is 0 Å². The first kappa shape index (κ1) is 15.9. The fourth-order valence-corrected chi connectivity index (χ4v) is 2.39. The average molecular weight is 327 g/mol. The van der Waals surface area contributed by atoms with Crippen molar-refractivity contribution >= 4 is 29.2 Å². The van der Waals surface area contributed by atoms with Crippen LogP contribution in [0.15, 0.2) is 24.4 Å². The van der Waals surface area contributed by atoms with E-state index in [2.05, 4.69) is 5.10 Å². The fraction of sp³-hybridized carbons (Fsp3) is 0.333. The molecule has 0 bridgehead atoms. The highest BCUT2D eigenvalue weighted by atomic mass is 35.5. The number of rotatable bonds is 4. The standard InChI is InChI=1S/C15H16Cl2N2O2/c1-4-21-15(20)11-8-18-19(14(11)9(2)3)10-5-6-12(16)13(17)7-10/h5-9H,4H2,1-3H3. The van der Waals surface area contributed by atoms with Crippen molar-refractivity contribution in [3.63, 3.8) is 0 Å². The minimum atomic E-state index is -0.368. The summed E-state index contributed by atoms with van der Waals surface area (Å²) in [5.41, 5.74) is 2.01. The Balaban J connectivity index is 2.54. The predicted molar refractivity (Wildman–Crippen MR) is 83.6 cm³/mol. The lowest BCUT2D eigenvalue weighted by atomic mass is 10.1. The van der Waals surface area contributed by atoms with Crippen molar-refractivity contribution in [2.75, 3.05) is 6.61 Å². The number of esters is 1. The fourth-order valence-electron chi connectivity index (χ4n) is 2.10. The summed E-state index contributed by atoms with van der Waals surface area (Å²) in [5, 5.41) is 5.21. The van der Waals surface area contributed by atoms with Gasteiger partial charge in [0.25, 0.3) is 0 Å². The van der Waals surface area contributed by atoms with Gasteiger partial charge >= 0.3 is 5.97 Å². The molecular formula is C15H16Cl2N2O2. The van der Waals surface area contributed by atoms with Gasteiger partial charge in [0.1, 0.15) is 5.56 Å². The second-order valence-electron chi connectivity index (χ2n) is 4.83. The molecular weight excluding hydrogens is 311 g/mol. The molecule has 0 saturated carbocycles. The minimum absolute atomic E-state index is 0.0985. The zero-order valence-electron chi connectivity index (χ0n) is 12.1. The highest BCUT2D eigenvalue weighted by Gasteiger charge is 2.21. The molecule has 21 heavy (non-hydrogen) atoms. The third-order valence-electron chi connectivity index (χ3n) is 3.00. The van der Waals surface area contributed by atoms with Crippen LogP contribution in [0, 0.1) is 0 Å². The zero-order chi connectivity index (χ0) is 15.6. The Hall–Kier alpha value is -1.52. The highest BCUT2D eigenvalue weighted by molar-refractivity contribution is 6.42. The molecule has 0 aliphatic carbocycles. The van der Waals surface area contributed by atoms with E-state index in [9.17, 15) is 4.79 Å². The zero-order valence-corrected chi connectivity index (χ0v) is 13.6. The van der Waals surface area contributed by atoms with E-state index in [1.807, 2.05) is 19.9 Å². The summed E-state index contributed by atoms with van der Waals surface area (Å²) in [7, 11) is 0. The van der Waals surface area contributed by atoms with Crippen molar-refractivity contribution in [2.45, 2.75) is 26.7 Å². The molecule has 0 fully saturated rings. The summed E-state index contributed by atoms with van der Waals surface area (Å²) in [6.07, 6.45) is 1.52. The van der Waals surface area contributed by atoms with E-state index in [4.69, 9.17) is 27.9 Å². The molecule has 0 N–H and O–H groups in total. The number of nitrogens with zero attached hydrogens (tertiary/aromatic N) is 2. The van der Waals surface area contributed by atoms with E-state index in [1.165, 1.54) is 6.20 Å². The molecule has 1 aromatic carbocycles. The highest BCUT2D eigenvalue weighted by Crippen LogP contribution is 2.28. The number of ether oxygens (including phenoxy) is 1. The van der Waals surface area contributed by atoms with Crippen LogP contribution >= 0.6 is 23.2 Å². The van der Waals surface area contributed by atoms with Crippen LogP contribution in [-0.2, 0) is 4.74 Å². The lowest BCUT2D eigenvalue weighted by Gasteiger charge is -2.13. The van der Waals surface area contributed by atoms with Gasteiger partial charge in [-0.15, -0.1) is 0 Å². The molecule has 1 aromatic heterocycles. The van der Waals surface area contributed by atoms with Crippen LogP contribution in [0.5, 0.6) is 0 Å². The Bertz CT molecular complexity index is 666. The summed E-state index contributed by atoms with van der Waals surface area (Å²) < 4.78 is 6.76. The van der Waals surface area contributed by atoms with Gasteiger partial charge in [-0.25, -0.2) is 9.48 Å². The summed E-state index contributed by atoms with van der Waals surface area (Å²) in [6.45, 7) is 6.09. The SMILES string of the molecule is CCOC(=O)c1cnn(-c2ccc(Cl)c(Cl)c2)c1C(C)C. The predicted octanol–water partition coefficient (Wildman–Crippen LogP) is 4.48. The number of aromatic nitrogens is 2. The molecule has 6 heteroatoms. The van der Waals surface area contributed by atoms with Crippen LogP contribution in [0.3, 0.4) is 0 Å². The lowest BCUT2D eigenvalue weighted by molar-refractivity contribution is 0.0524. The van der Waals surface area contributed by atoms with Crippen molar-refractivity contribution in [1.29, 1.82) is 0 Å². The summed E-state index contributed by atoms with van der Waals surface area (Å²) >= 11 is 12.0. The number of carbonyl (C=O) groups excluding carboxylic acids is 1. The molecule has 4 nitrogen and oxygen atoms in total. The Labute approximate surface area is 133 Å². The molecule has 0 amide bonds. The van der Waals surface area contributed by atoms with E-state index in [-0.39, 0.29) is 11.9 Å². The van der Waals surface area contributed by atoms with Crippen LogP contribution in [0.4, 0.5) is 0 Å². The Morgan fingerprint density at radius 1 is 1.33 bits per heavy atom. The normalized spacial score (nSPS) is 11.0. The van der Waals surface area contributed by atoms with Crippen LogP contribution in [0.25, 0.3) is 5.69 Å². The maximum Gasteiger partial charge on any atom is 0.341 e. The maximum atomic E-state index is 12.0. The quantitative estimate of drug-likeness (QED) is 0.778. The number of carbonyl (C=O) groups is 1. The molecule has 0 saturated heterocycles. The van der Waals surface area contributed by atoms with Crippen molar-refractivity contribution in [3.05, 3.63) is 45.7 Å². The van der Waals surface area contributed by atoms with Gasteiger partial charge in [0.05, 0.1) is 34.2 Å². The molecule has 0 unspecified atom stereocenters. The molecule has 0 spiro atoms. The van der Waals surface area contributed by atoms with Gasteiger partial charge in [-0.3, -0.25) is 0 Å². The monoisotopic (exact) mass is 326 g/mol. The Kier molecular flexibility index (Phi) is 4.91. The molecule has 0 aliphatic heterocycles. The molecule has 0 atom stereocenters. The maximum absolute atomic E-state index is 12.0. The summed E-state index contributed by atoms with van der Waals surface area (Å²) in [4.78, 5) is 12.0. The number of hydrogen-bond acceptors (Lipinski definition) is 3. The van der Waals surface area contributed by atoms with Crippen molar-refractivity contribution in [3.8, 4) is 5.69 Å². The molecule has 0 aliphatic rings. The second kappa shape index (κ2) is 6.50. The largest absolute Gasteiger partial charge is 0.462 e. The second-order valence-corrected chi connectivity index (χ2v) is 5.64. The first-order valence-corrected chi connectivity index (χ1v) is 7.41. The van der Waals surface area contributed by atoms with Crippen molar-refractivity contribution in [2.24, 2.45) is 0 Å². The van der Waals surface area contributed by atoms with Gasteiger partial charge in [-0.1, -0.05) is 37.0 Å². The Morgan fingerprint density at radius 3 is 2.62 bits per heavy atom. The van der Waals surface area contributed by atoms with Gasteiger partial charge in [0, 0.05) is 0 Å². The van der Waals surface area contributed by atoms with Crippen molar-refractivity contribution in [1.82, 2.24) is 9.78 Å². The summed E-state index contributed by atoms with van der Waals surface area (Å²) in [6, 6.07) is 5.23. The number of benzene rings is 1. The topological polar surface area (TPSA) is 44.1 Å². The van der Waals surface area contributed by atoms with Crippen LogP contribution < -0.4 is 0 Å². The van der Waals surface area contributed by atoms with E-state index in [0.717, 1.165) is 11.4 Å². The molecule has 2 rings (SSSR count). The summed E-state index contributed by atoms with van der Waals surface area (Å²) in [5.74, 6) is -0.270. The minimum Gasteiger partial charge on any atom is -0.462 e. The van der Waals surface area contributed by atoms with E-state index in [0.29, 0.717) is 22.2 Å². The lowest BCUT2D eigenvalue weighted by Crippen LogP contribution is -2.11. The van der Waals surface area contributed by atoms with Crippen molar-refractivity contribution < 1.29 is 9.53 Å². The molecule has 2 aromatic rings. The smallest absolute Gasteiger partial charge is 0.341 e. The third kappa shape index (κ3) is 3.22. The van der Waals surface area contributed by atoms with Crippen LogP contribution in [0.1, 0.15) is 42.7 Å². The van der Waals surface area contributed by atoms with E-state index < -0.39 is 0 Å². The van der Waals surface area contributed by atoms with Gasteiger partial charge in [-0.2, -0.15) is 5.10 Å². The average Bonchev–Trinajstić information content (AvgIpc) is 2.87. The third-order valence-corrected chi connectivity index (χ3v) is 3.74. The number of halogens is 2. The Morgan fingerprint density at radius 2 is 2.05 bits per heavy atom. The van der Waals surface area contributed by atoms with Crippen LogP contribution in [0.2, 0.25) is 10.0 Å². The first-order chi connectivity index (χ1) is 9.95.